The molecule has 0 bridgehead atoms. The minimum absolute atomic E-state index is 0.201. The topological polar surface area (TPSA) is 55.6 Å². The maximum Gasteiger partial charge on any atom is 0.226 e. The van der Waals surface area contributed by atoms with Crippen molar-refractivity contribution < 1.29 is 9.53 Å². The second kappa shape index (κ2) is 6.29. The second-order valence-corrected chi connectivity index (χ2v) is 6.76. The van der Waals surface area contributed by atoms with Gasteiger partial charge in [0.2, 0.25) is 5.91 Å². The Morgan fingerprint density at radius 1 is 1.32 bits per heavy atom. The Morgan fingerprint density at radius 3 is 2.91 bits per heavy atom. The molecule has 3 unspecified atom stereocenters. The van der Waals surface area contributed by atoms with Crippen LogP contribution >= 0.6 is 0 Å². The Kier molecular flexibility index (Phi) is 4.39. The molecular formula is C18H26N2O2. The first-order valence-electron chi connectivity index (χ1n) is 8.28. The summed E-state index contributed by atoms with van der Waals surface area (Å²) in [5.74, 6) is 2.22. The third-order valence-electron chi connectivity index (χ3n) is 5.39. The zero-order chi connectivity index (χ0) is 15.7. The van der Waals surface area contributed by atoms with E-state index in [1.54, 1.807) is 0 Å². The lowest BCUT2D eigenvalue weighted by atomic mass is 9.98. The molecule has 4 heteroatoms. The Bertz CT molecular complexity index is 558. The van der Waals surface area contributed by atoms with Crippen LogP contribution in [0.15, 0.2) is 18.2 Å². The van der Waals surface area contributed by atoms with Crippen molar-refractivity contribution in [1.82, 2.24) is 4.90 Å². The van der Waals surface area contributed by atoms with Gasteiger partial charge in [0.1, 0.15) is 5.75 Å². The van der Waals surface area contributed by atoms with E-state index in [9.17, 15) is 4.79 Å². The highest BCUT2D eigenvalue weighted by molar-refractivity contribution is 5.76. The fourth-order valence-corrected chi connectivity index (χ4v) is 3.80. The predicted molar refractivity (Wildman–Crippen MR) is 86.8 cm³/mol. The highest BCUT2D eigenvalue weighted by atomic mass is 16.5. The number of nitrogens with two attached hydrogens (primary N) is 1. The summed E-state index contributed by atoms with van der Waals surface area (Å²) in [7, 11) is 0. The number of hydrogen-bond acceptors (Lipinski definition) is 3. The van der Waals surface area contributed by atoms with Crippen LogP contribution < -0.4 is 10.5 Å². The van der Waals surface area contributed by atoms with E-state index in [-0.39, 0.29) is 11.9 Å². The number of fused-ring (bicyclic) bond motifs is 1. The number of likely N-dealkylation sites (tertiary alicyclic amines) is 1. The van der Waals surface area contributed by atoms with Crippen LogP contribution in [0, 0.1) is 25.7 Å². The van der Waals surface area contributed by atoms with Crippen LogP contribution in [0.4, 0.5) is 0 Å². The number of carbonyl (C=O) groups is 1. The summed E-state index contributed by atoms with van der Waals surface area (Å²) in [5, 5.41) is 0. The molecule has 3 atom stereocenters. The van der Waals surface area contributed by atoms with Crippen molar-refractivity contribution in [3.8, 4) is 5.75 Å². The first-order valence-corrected chi connectivity index (χ1v) is 8.28. The minimum Gasteiger partial charge on any atom is -0.493 e. The first-order chi connectivity index (χ1) is 10.6. The van der Waals surface area contributed by atoms with Gasteiger partial charge in [-0.25, -0.2) is 0 Å². The third kappa shape index (κ3) is 2.98. The number of benzene rings is 1. The quantitative estimate of drug-likeness (QED) is 0.928. The standard InChI is InChI=1S/C18H26N2O2/c1-12-4-3-5-17(13(12)2)22-9-8-18(21)20-10-14-6-7-16(19)15(14)11-20/h3-5,14-16H,6-11,19H2,1-2H3. The van der Waals surface area contributed by atoms with Crippen LogP contribution in [0.25, 0.3) is 0 Å². The molecule has 120 valence electrons. The van der Waals surface area contributed by atoms with E-state index in [2.05, 4.69) is 19.9 Å². The largest absolute Gasteiger partial charge is 0.493 e. The van der Waals surface area contributed by atoms with Crippen LogP contribution in [0.1, 0.15) is 30.4 Å². The van der Waals surface area contributed by atoms with Gasteiger partial charge in [0.15, 0.2) is 0 Å². The highest BCUT2D eigenvalue weighted by Gasteiger charge is 2.42. The average Bonchev–Trinajstić information content (AvgIpc) is 3.06. The van der Waals surface area contributed by atoms with Crippen LogP contribution in [-0.2, 0) is 4.79 Å². The van der Waals surface area contributed by atoms with E-state index in [1.165, 1.54) is 12.0 Å². The molecule has 1 aromatic carbocycles. The molecular weight excluding hydrogens is 276 g/mol. The number of hydrogen-bond donors (Lipinski definition) is 1. The van der Waals surface area contributed by atoms with Crippen molar-refractivity contribution >= 4 is 5.91 Å². The molecule has 4 nitrogen and oxygen atoms in total. The summed E-state index contributed by atoms with van der Waals surface area (Å²) < 4.78 is 5.79. The Labute approximate surface area is 132 Å². The molecule has 2 aliphatic rings. The van der Waals surface area contributed by atoms with Crippen LogP contribution in [0.2, 0.25) is 0 Å². The molecule has 0 aromatic heterocycles. The Balaban J connectivity index is 1.48. The fraction of sp³-hybridized carbons (Fsp3) is 0.611. The monoisotopic (exact) mass is 302 g/mol. The van der Waals surface area contributed by atoms with Gasteiger partial charge in [-0.3, -0.25) is 4.79 Å². The Morgan fingerprint density at radius 2 is 2.14 bits per heavy atom. The van der Waals surface area contributed by atoms with E-state index in [1.807, 2.05) is 17.0 Å². The smallest absolute Gasteiger partial charge is 0.226 e. The highest BCUT2D eigenvalue weighted by Crippen LogP contribution is 2.37. The van der Waals surface area contributed by atoms with E-state index < -0.39 is 0 Å². The zero-order valence-electron chi connectivity index (χ0n) is 13.5. The van der Waals surface area contributed by atoms with Gasteiger partial charge in [-0.05, 0) is 55.7 Å². The molecule has 1 aliphatic carbocycles. The van der Waals surface area contributed by atoms with Crippen molar-refractivity contribution in [1.29, 1.82) is 0 Å². The van der Waals surface area contributed by atoms with Crippen LogP contribution in [0.5, 0.6) is 5.75 Å². The van der Waals surface area contributed by atoms with Crippen molar-refractivity contribution in [3.63, 3.8) is 0 Å². The normalized spacial score (nSPS) is 27.0. The molecule has 3 rings (SSSR count). The van der Waals surface area contributed by atoms with Crippen LogP contribution in [0.3, 0.4) is 0 Å². The molecule has 1 saturated heterocycles. The zero-order valence-corrected chi connectivity index (χ0v) is 13.5. The molecule has 2 fully saturated rings. The summed E-state index contributed by atoms with van der Waals surface area (Å²) in [6.07, 6.45) is 2.74. The predicted octanol–water partition coefficient (Wildman–Crippen LogP) is 2.27. The third-order valence-corrected chi connectivity index (χ3v) is 5.39. The van der Waals surface area contributed by atoms with Crippen LogP contribution in [-0.4, -0.2) is 36.5 Å². The minimum atomic E-state index is 0.201. The number of amides is 1. The van der Waals surface area contributed by atoms with E-state index in [4.69, 9.17) is 10.5 Å². The van der Waals surface area contributed by atoms with Crippen molar-refractivity contribution in [2.75, 3.05) is 19.7 Å². The molecule has 0 radical (unpaired) electrons. The molecule has 1 aromatic rings. The molecule has 1 amide bonds. The lowest BCUT2D eigenvalue weighted by Crippen LogP contribution is -2.34. The van der Waals surface area contributed by atoms with Crippen molar-refractivity contribution in [2.24, 2.45) is 17.6 Å². The molecule has 2 N–H and O–H groups in total. The van der Waals surface area contributed by atoms with Gasteiger partial charge in [0.05, 0.1) is 13.0 Å². The van der Waals surface area contributed by atoms with E-state index in [0.717, 1.165) is 30.8 Å². The summed E-state index contributed by atoms with van der Waals surface area (Å²) in [6.45, 7) is 6.30. The van der Waals surface area contributed by atoms with Gasteiger partial charge in [-0.15, -0.1) is 0 Å². The second-order valence-electron chi connectivity index (χ2n) is 6.76. The molecule has 1 aliphatic heterocycles. The van der Waals surface area contributed by atoms with Gasteiger partial charge in [0, 0.05) is 19.1 Å². The molecule has 1 saturated carbocycles. The van der Waals surface area contributed by atoms with E-state index in [0.29, 0.717) is 24.9 Å². The van der Waals surface area contributed by atoms with Crippen molar-refractivity contribution in [2.45, 2.75) is 39.2 Å². The summed E-state index contributed by atoms with van der Waals surface area (Å²) in [5.41, 5.74) is 8.49. The lowest BCUT2D eigenvalue weighted by Gasteiger charge is -2.19. The summed E-state index contributed by atoms with van der Waals surface area (Å²) in [6, 6.07) is 6.31. The molecule has 22 heavy (non-hydrogen) atoms. The number of nitrogens with zero attached hydrogens (tertiary/aromatic N) is 1. The van der Waals surface area contributed by atoms with Crippen molar-refractivity contribution in [3.05, 3.63) is 29.3 Å². The number of aryl methyl sites for hydroxylation is 1. The van der Waals surface area contributed by atoms with Gasteiger partial charge in [-0.1, -0.05) is 12.1 Å². The van der Waals surface area contributed by atoms with Gasteiger partial charge in [-0.2, -0.15) is 0 Å². The van der Waals surface area contributed by atoms with Gasteiger partial charge < -0.3 is 15.4 Å². The number of ether oxygens (including phenoxy) is 1. The number of rotatable bonds is 4. The average molecular weight is 302 g/mol. The molecule has 0 spiro atoms. The SMILES string of the molecule is Cc1cccc(OCCC(=O)N2CC3CCC(N)C3C2)c1C. The van der Waals surface area contributed by atoms with Gasteiger partial charge >= 0.3 is 0 Å². The molecule has 1 heterocycles. The maximum atomic E-state index is 12.3. The lowest BCUT2D eigenvalue weighted by molar-refractivity contribution is -0.131. The van der Waals surface area contributed by atoms with E-state index >= 15 is 0 Å². The summed E-state index contributed by atoms with van der Waals surface area (Å²) in [4.78, 5) is 14.3. The Hall–Kier alpha value is -1.55. The summed E-state index contributed by atoms with van der Waals surface area (Å²) >= 11 is 0. The fourth-order valence-electron chi connectivity index (χ4n) is 3.80. The number of carbonyl (C=O) groups excluding carboxylic acids is 1. The maximum absolute atomic E-state index is 12.3. The van der Waals surface area contributed by atoms with Gasteiger partial charge in [0.25, 0.3) is 0 Å². The first kappa shape index (κ1) is 15.3.